The molecule has 0 saturated heterocycles. The summed E-state index contributed by atoms with van der Waals surface area (Å²) in [4.78, 5) is 13.3. The van der Waals surface area contributed by atoms with Crippen molar-refractivity contribution >= 4 is 11.5 Å². The van der Waals surface area contributed by atoms with Crippen molar-refractivity contribution in [2.45, 2.75) is 6.42 Å². The maximum absolute atomic E-state index is 13.4. The van der Waals surface area contributed by atoms with E-state index in [-0.39, 0.29) is 6.54 Å². The van der Waals surface area contributed by atoms with E-state index < -0.39 is 46.7 Å². The number of nitrogens with two attached hydrogens (primary N) is 1. The fraction of sp³-hybridized carbons (Fsp3) is 0.222. The Bertz CT molecular complexity index is 525. The molecule has 0 aliphatic rings. The number of ketones is 1. The molecule has 1 rings (SSSR count). The maximum atomic E-state index is 13.4. The highest BCUT2D eigenvalue weighted by atomic mass is 19.2. The Kier molecular flexibility index (Phi) is 4.24. The van der Waals surface area contributed by atoms with Crippen LogP contribution in [-0.4, -0.2) is 12.3 Å². The normalized spacial score (nSPS) is 10.1. The monoisotopic (exact) mass is 262 g/mol. The predicted molar refractivity (Wildman–Crippen MR) is 53.1 cm³/mol. The summed E-state index contributed by atoms with van der Waals surface area (Å²) in [5, 5.41) is 2.49. The standard InChI is InChI=1S/C9H6F4N4O/c10-5-4(3(18)1-2-14)6(11)8(13)9(7(5)12)16-17-15/h1-2,14H2. The zero-order valence-electron chi connectivity index (χ0n) is 8.75. The summed E-state index contributed by atoms with van der Waals surface area (Å²) in [7, 11) is 0. The highest BCUT2D eigenvalue weighted by Gasteiger charge is 2.28. The van der Waals surface area contributed by atoms with Gasteiger partial charge in [-0.2, -0.15) is 0 Å². The van der Waals surface area contributed by atoms with Gasteiger partial charge in [0.2, 0.25) is 0 Å². The molecule has 0 unspecified atom stereocenters. The molecule has 0 fully saturated rings. The molecule has 0 heterocycles. The number of halogens is 4. The van der Waals surface area contributed by atoms with Gasteiger partial charge in [0, 0.05) is 11.3 Å². The third-order valence-electron chi connectivity index (χ3n) is 2.04. The molecule has 0 aromatic heterocycles. The molecule has 0 saturated carbocycles. The number of carbonyl (C=O) groups is 1. The van der Waals surface area contributed by atoms with Crippen LogP contribution in [0.25, 0.3) is 10.4 Å². The first-order chi connectivity index (χ1) is 8.45. The van der Waals surface area contributed by atoms with E-state index in [0.717, 1.165) is 0 Å². The molecule has 1 aromatic rings. The predicted octanol–water partition coefficient (Wildman–Crippen LogP) is 2.72. The van der Waals surface area contributed by atoms with Crippen molar-refractivity contribution in [3.05, 3.63) is 39.3 Å². The van der Waals surface area contributed by atoms with Crippen molar-refractivity contribution in [2.75, 3.05) is 6.54 Å². The van der Waals surface area contributed by atoms with E-state index in [1.807, 2.05) is 4.91 Å². The molecule has 96 valence electrons. The minimum Gasteiger partial charge on any atom is -0.330 e. The van der Waals surface area contributed by atoms with Crippen molar-refractivity contribution in [1.29, 1.82) is 0 Å². The molecule has 2 N–H and O–H groups in total. The lowest BCUT2D eigenvalue weighted by Crippen LogP contribution is -2.14. The first-order valence-corrected chi connectivity index (χ1v) is 4.60. The molecule has 0 bridgehead atoms. The Balaban J connectivity index is 3.58. The van der Waals surface area contributed by atoms with Crippen LogP contribution in [0.3, 0.4) is 0 Å². The molecule has 5 nitrogen and oxygen atoms in total. The van der Waals surface area contributed by atoms with Crippen LogP contribution < -0.4 is 5.73 Å². The topological polar surface area (TPSA) is 91.9 Å². The molecule has 0 aliphatic carbocycles. The van der Waals surface area contributed by atoms with Gasteiger partial charge in [0.25, 0.3) is 0 Å². The smallest absolute Gasteiger partial charge is 0.173 e. The second-order valence-corrected chi connectivity index (χ2v) is 3.13. The van der Waals surface area contributed by atoms with E-state index in [2.05, 4.69) is 5.11 Å². The maximum Gasteiger partial charge on any atom is 0.173 e. The number of nitrogens with zero attached hydrogens (tertiary/aromatic N) is 3. The second kappa shape index (κ2) is 5.48. The average Bonchev–Trinajstić information content (AvgIpc) is 2.33. The minimum absolute atomic E-state index is 0.237. The highest BCUT2D eigenvalue weighted by molar-refractivity contribution is 5.97. The Morgan fingerprint density at radius 2 is 1.67 bits per heavy atom. The summed E-state index contributed by atoms with van der Waals surface area (Å²) in [5.41, 5.74) is 10.2. The highest BCUT2D eigenvalue weighted by Crippen LogP contribution is 2.30. The third kappa shape index (κ3) is 2.27. The first kappa shape index (κ1) is 13.9. The molecular weight excluding hydrogens is 256 g/mol. The van der Waals surface area contributed by atoms with E-state index in [4.69, 9.17) is 11.3 Å². The summed E-state index contributed by atoms with van der Waals surface area (Å²) in [6.07, 6.45) is -0.479. The van der Waals surface area contributed by atoms with Crippen LogP contribution in [0.4, 0.5) is 23.2 Å². The zero-order valence-corrected chi connectivity index (χ0v) is 8.75. The number of Topliss-reactive ketones (excluding diaryl/α,β-unsaturated/α-hetero) is 1. The van der Waals surface area contributed by atoms with Gasteiger partial charge in [-0.15, -0.1) is 0 Å². The third-order valence-corrected chi connectivity index (χ3v) is 2.04. The molecule has 0 spiro atoms. The van der Waals surface area contributed by atoms with E-state index in [9.17, 15) is 22.4 Å². The van der Waals surface area contributed by atoms with Gasteiger partial charge in [-0.1, -0.05) is 5.11 Å². The molecule has 0 aliphatic heterocycles. The van der Waals surface area contributed by atoms with Crippen LogP contribution in [0.5, 0.6) is 0 Å². The SMILES string of the molecule is [N-]=[N+]=Nc1c(F)c(F)c(C(=O)CCN)c(F)c1F. The number of hydrogen-bond donors (Lipinski definition) is 1. The van der Waals surface area contributed by atoms with Crippen LogP contribution in [0.15, 0.2) is 5.11 Å². The van der Waals surface area contributed by atoms with Crippen molar-refractivity contribution < 1.29 is 22.4 Å². The number of azide groups is 1. The van der Waals surface area contributed by atoms with Gasteiger partial charge in [-0.05, 0) is 12.1 Å². The van der Waals surface area contributed by atoms with Crippen LogP contribution >= 0.6 is 0 Å². The van der Waals surface area contributed by atoms with Crippen molar-refractivity contribution in [3.8, 4) is 0 Å². The lowest BCUT2D eigenvalue weighted by molar-refractivity contribution is 0.0975. The molecule has 0 atom stereocenters. The van der Waals surface area contributed by atoms with Crippen molar-refractivity contribution in [3.63, 3.8) is 0 Å². The molecule has 0 radical (unpaired) electrons. The Morgan fingerprint density at radius 1 is 1.17 bits per heavy atom. The molecule has 18 heavy (non-hydrogen) atoms. The summed E-state index contributed by atoms with van der Waals surface area (Å²) >= 11 is 0. The number of benzene rings is 1. The quantitative estimate of drug-likeness (QED) is 0.225. The Morgan fingerprint density at radius 3 is 2.06 bits per heavy atom. The van der Waals surface area contributed by atoms with E-state index in [0.29, 0.717) is 0 Å². The molecule has 9 heteroatoms. The van der Waals surface area contributed by atoms with Gasteiger partial charge < -0.3 is 5.73 Å². The molecule has 0 amide bonds. The Hall–Kier alpha value is -2.12. The van der Waals surface area contributed by atoms with Gasteiger partial charge in [0.1, 0.15) is 5.69 Å². The van der Waals surface area contributed by atoms with Gasteiger partial charge in [0.15, 0.2) is 29.1 Å². The van der Waals surface area contributed by atoms with Crippen LogP contribution in [0, 0.1) is 23.3 Å². The van der Waals surface area contributed by atoms with E-state index >= 15 is 0 Å². The van der Waals surface area contributed by atoms with E-state index in [1.54, 1.807) is 0 Å². The molecule has 1 aromatic carbocycles. The first-order valence-electron chi connectivity index (χ1n) is 4.60. The van der Waals surface area contributed by atoms with Crippen molar-refractivity contribution in [2.24, 2.45) is 10.8 Å². The van der Waals surface area contributed by atoms with Crippen LogP contribution in [0.2, 0.25) is 0 Å². The van der Waals surface area contributed by atoms with Crippen molar-refractivity contribution in [1.82, 2.24) is 0 Å². The summed E-state index contributed by atoms with van der Waals surface area (Å²) in [5.74, 6) is -8.85. The minimum atomic E-state index is -1.92. The van der Waals surface area contributed by atoms with Gasteiger partial charge >= 0.3 is 0 Å². The summed E-state index contributed by atoms with van der Waals surface area (Å²) < 4.78 is 53.3. The van der Waals surface area contributed by atoms with E-state index in [1.165, 1.54) is 0 Å². The average molecular weight is 262 g/mol. The lowest BCUT2D eigenvalue weighted by Gasteiger charge is -2.07. The fourth-order valence-corrected chi connectivity index (χ4v) is 1.25. The number of rotatable bonds is 4. The van der Waals surface area contributed by atoms with Gasteiger partial charge in [0.05, 0.1) is 5.56 Å². The lowest BCUT2D eigenvalue weighted by atomic mass is 10.1. The molecular formula is C9H6F4N4O. The Labute approximate surface area is 97.8 Å². The van der Waals surface area contributed by atoms with Gasteiger partial charge in [-0.3, -0.25) is 4.79 Å². The second-order valence-electron chi connectivity index (χ2n) is 3.13. The van der Waals surface area contributed by atoms with Crippen LogP contribution in [0.1, 0.15) is 16.8 Å². The summed E-state index contributed by atoms with van der Waals surface area (Å²) in [6.45, 7) is -0.237. The largest absolute Gasteiger partial charge is 0.330 e. The van der Waals surface area contributed by atoms with Crippen LogP contribution in [-0.2, 0) is 0 Å². The number of hydrogen-bond acceptors (Lipinski definition) is 3. The van der Waals surface area contributed by atoms with Gasteiger partial charge in [-0.25, -0.2) is 17.6 Å². The zero-order chi connectivity index (χ0) is 13.9. The fourth-order valence-electron chi connectivity index (χ4n) is 1.25. The summed E-state index contributed by atoms with van der Waals surface area (Å²) in [6, 6.07) is 0. The number of carbonyl (C=O) groups excluding carboxylic acids is 1.